The molecule has 16 heavy (non-hydrogen) atoms. The van der Waals surface area contributed by atoms with Crippen molar-refractivity contribution in [1.29, 1.82) is 0 Å². The minimum Gasteiger partial charge on any atom is -0.395 e. The normalized spacial score (nSPS) is 22.4. The van der Waals surface area contributed by atoms with E-state index in [4.69, 9.17) is 0 Å². The van der Waals surface area contributed by atoms with E-state index in [1.807, 2.05) is 11.3 Å². The summed E-state index contributed by atoms with van der Waals surface area (Å²) in [7, 11) is 0. The predicted molar refractivity (Wildman–Crippen MR) is 68.9 cm³/mol. The van der Waals surface area contributed by atoms with Crippen molar-refractivity contribution in [3.63, 3.8) is 0 Å². The van der Waals surface area contributed by atoms with Gasteiger partial charge >= 0.3 is 0 Å². The highest BCUT2D eigenvalue weighted by molar-refractivity contribution is 7.09. The van der Waals surface area contributed by atoms with Crippen LogP contribution in [0.4, 0.5) is 0 Å². The zero-order valence-corrected chi connectivity index (χ0v) is 10.6. The smallest absolute Gasteiger partial charge is 0.0586 e. The topological polar surface area (TPSA) is 23.5 Å². The summed E-state index contributed by atoms with van der Waals surface area (Å²) in [5.74, 6) is 0. The summed E-state index contributed by atoms with van der Waals surface area (Å²) >= 11 is 1.85. The van der Waals surface area contributed by atoms with Crippen molar-refractivity contribution in [2.75, 3.05) is 19.7 Å². The summed E-state index contributed by atoms with van der Waals surface area (Å²) in [6, 6.07) is 4.76. The zero-order valence-electron chi connectivity index (χ0n) is 9.77. The highest BCUT2D eigenvalue weighted by Crippen LogP contribution is 2.18. The fraction of sp³-hybridized carbons (Fsp3) is 0.692. The van der Waals surface area contributed by atoms with Gasteiger partial charge in [0.25, 0.3) is 0 Å². The van der Waals surface area contributed by atoms with Crippen LogP contribution in [0.5, 0.6) is 0 Å². The number of nitrogens with zero attached hydrogens (tertiary/aromatic N) is 1. The average molecular weight is 239 g/mol. The van der Waals surface area contributed by atoms with Crippen LogP contribution in [0.25, 0.3) is 0 Å². The summed E-state index contributed by atoms with van der Waals surface area (Å²) in [6.07, 6.45) is 6.17. The van der Waals surface area contributed by atoms with Crippen LogP contribution in [0.2, 0.25) is 0 Å². The van der Waals surface area contributed by atoms with Crippen molar-refractivity contribution < 1.29 is 5.11 Å². The molecule has 0 saturated carbocycles. The van der Waals surface area contributed by atoms with Crippen molar-refractivity contribution in [2.45, 2.75) is 38.1 Å². The molecule has 1 aromatic rings. The molecule has 1 saturated heterocycles. The first-order valence-corrected chi connectivity index (χ1v) is 7.15. The Bertz CT molecular complexity index is 286. The molecule has 1 atom stereocenters. The SMILES string of the molecule is OC[C@@H]1CCCCN1CCCc1cccs1. The van der Waals surface area contributed by atoms with Gasteiger partial charge in [-0.15, -0.1) is 11.3 Å². The largest absolute Gasteiger partial charge is 0.395 e. The first kappa shape index (κ1) is 12.1. The maximum Gasteiger partial charge on any atom is 0.0586 e. The second-order valence-electron chi connectivity index (χ2n) is 4.55. The Morgan fingerprint density at radius 2 is 2.38 bits per heavy atom. The van der Waals surface area contributed by atoms with E-state index < -0.39 is 0 Å². The lowest BCUT2D eigenvalue weighted by atomic mass is 10.0. The van der Waals surface area contributed by atoms with Gasteiger partial charge in [-0.25, -0.2) is 0 Å². The van der Waals surface area contributed by atoms with E-state index in [2.05, 4.69) is 22.4 Å². The van der Waals surface area contributed by atoms with Crippen molar-refractivity contribution >= 4 is 11.3 Å². The highest BCUT2D eigenvalue weighted by Gasteiger charge is 2.20. The Kier molecular flexibility index (Phi) is 4.82. The van der Waals surface area contributed by atoms with E-state index in [-0.39, 0.29) is 0 Å². The molecular formula is C13H21NOS. The first-order valence-electron chi connectivity index (χ1n) is 6.27. The van der Waals surface area contributed by atoms with Crippen LogP contribution in [0.3, 0.4) is 0 Å². The molecule has 2 nitrogen and oxygen atoms in total. The molecule has 0 aromatic carbocycles. The first-order chi connectivity index (χ1) is 7.90. The van der Waals surface area contributed by atoms with Crippen molar-refractivity contribution in [3.05, 3.63) is 22.4 Å². The molecule has 1 aliphatic heterocycles. The third-order valence-electron chi connectivity index (χ3n) is 3.41. The van der Waals surface area contributed by atoms with Crippen LogP contribution in [0.15, 0.2) is 17.5 Å². The van der Waals surface area contributed by atoms with Crippen LogP contribution < -0.4 is 0 Å². The Morgan fingerprint density at radius 1 is 1.44 bits per heavy atom. The number of rotatable bonds is 5. The summed E-state index contributed by atoms with van der Waals surface area (Å²) < 4.78 is 0. The monoisotopic (exact) mass is 239 g/mol. The minimum atomic E-state index is 0.332. The molecule has 0 unspecified atom stereocenters. The van der Waals surface area contributed by atoms with Gasteiger partial charge in [-0.1, -0.05) is 12.5 Å². The van der Waals surface area contributed by atoms with Gasteiger partial charge in [0.2, 0.25) is 0 Å². The number of piperidine rings is 1. The second kappa shape index (κ2) is 6.38. The standard InChI is InChI=1S/C13H21NOS/c15-11-12-5-1-2-8-14(12)9-3-6-13-7-4-10-16-13/h4,7,10,12,15H,1-3,5-6,8-9,11H2/t12-/m0/s1. The van der Waals surface area contributed by atoms with Crippen molar-refractivity contribution in [1.82, 2.24) is 4.90 Å². The molecule has 0 radical (unpaired) electrons. The van der Waals surface area contributed by atoms with Gasteiger partial charge in [0.05, 0.1) is 6.61 Å². The Morgan fingerprint density at radius 3 is 3.12 bits per heavy atom. The van der Waals surface area contributed by atoms with E-state index in [0.717, 1.165) is 6.54 Å². The molecule has 2 heterocycles. The molecule has 0 aliphatic carbocycles. The Hall–Kier alpha value is -0.380. The summed E-state index contributed by atoms with van der Waals surface area (Å²) in [5, 5.41) is 11.5. The van der Waals surface area contributed by atoms with E-state index >= 15 is 0 Å². The van der Waals surface area contributed by atoms with Crippen molar-refractivity contribution in [2.24, 2.45) is 0 Å². The fourth-order valence-corrected chi connectivity index (χ4v) is 3.22. The van der Waals surface area contributed by atoms with Crippen LogP contribution in [0.1, 0.15) is 30.6 Å². The third kappa shape index (κ3) is 3.30. The quantitative estimate of drug-likeness (QED) is 0.853. The van der Waals surface area contributed by atoms with E-state index in [0.29, 0.717) is 12.6 Å². The molecule has 1 aromatic heterocycles. The molecule has 1 aliphatic rings. The molecule has 1 fully saturated rings. The molecule has 90 valence electrons. The third-order valence-corrected chi connectivity index (χ3v) is 4.34. The summed E-state index contributed by atoms with van der Waals surface area (Å²) in [6.45, 7) is 2.65. The van der Waals surface area contributed by atoms with E-state index in [1.54, 1.807) is 0 Å². The Balaban J connectivity index is 1.71. The molecule has 2 rings (SSSR count). The molecule has 3 heteroatoms. The summed E-state index contributed by atoms with van der Waals surface area (Å²) in [4.78, 5) is 3.95. The fourth-order valence-electron chi connectivity index (χ4n) is 2.47. The van der Waals surface area contributed by atoms with Gasteiger partial charge in [0.15, 0.2) is 0 Å². The van der Waals surface area contributed by atoms with Gasteiger partial charge in [0, 0.05) is 10.9 Å². The van der Waals surface area contributed by atoms with Gasteiger partial charge in [0.1, 0.15) is 0 Å². The highest BCUT2D eigenvalue weighted by atomic mass is 32.1. The molecular weight excluding hydrogens is 218 g/mol. The van der Waals surface area contributed by atoms with E-state index in [1.165, 1.54) is 43.5 Å². The average Bonchev–Trinajstić information content (AvgIpc) is 2.83. The predicted octanol–water partition coefficient (Wildman–Crippen LogP) is 2.53. The number of aryl methyl sites for hydroxylation is 1. The molecule has 1 N–H and O–H groups in total. The lowest BCUT2D eigenvalue weighted by Crippen LogP contribution is -2.42. The maximum atomic E-state index is 9.31. The number of aliphatic hydroxyl groups is 1. The Labute approximate surface area is 102 Å². The van der Waals surface area contributed by atoms with Crippen LogP contribution in [-0.2, 0) is 6.42 Å². The van der Waals surface area contributed by atoms with E-state index in [9.17, 15) is 5.11 Å². The molecule has 0 spiro atoms. The van der Waals surface area contributed by atoms with Gasteiger partial charge in [-0.2, -0.15) is 0 Å². The van der Waals surface area contributed by atoms with Crippen LogP contribution in [0, 0.1) is 0 Å². The number of hydrogen-bond acceptors (Lipinski definition) is 3. The summed E-state index contributed by atoms with van der Waals surface area (Å²) in [5.41, 5.74) is 0. The van der Waals surface area contributed by atoms with Gasteiger partial charge in [-0.3, -0.25) is 4.90 Å². The number of likely N-dealkylation sites (tertiary alicyclic amines) is 1. The van der Waals surface area contributed by atoms with Crippen LogP contribution in [-0.4, -0.2) is 35.7 Å². The zero-order chi connectivity index (χ0) is 11.2. The van der Waals surface area contributed by atoms with Gasteiger partial charge < -0.3 is 5.11 Å². The lowest BCUT2D eigenvalue weighted by Gasteiger charge is -2.34. The second-order valence-corrected chi connectivity index (χ2v) is 5.58. The minimum absolute atomic E-state index is 0.332. The van der Waals surface area contributed by atoms with Gasteiger partial charge in [-0.05, 0) is 50.2 Å². The molecule has 0 bridgehead atoms. The number of aliphatic hydroxyl groups excluding tert-OH is 1. The lowest BCUT2D eigenvalue weighted by molar-refractivity contribution is 0.0894. The van der Waals surface area contributed by atoms with Crippen molar-refractivity contribution in [3.8, 4) is 0 Å². The number of thiophene rings is 1. The van der Waals surface area contributed by atoms with Crippen LogP contribution >= 0.6 is 11.3 Å². The number of hydrogen-bond donors (Lipinski definition) is 1. The maximum absolute atomic E-state index is 9.31. The molecule has 0 amide bonds.